The van der Waals surface area contributed by atoms with Crippen molar-refractivity contribution in [2.45, 2.75) is 50.6 Å². The van der Waals surface area contributed by atoms with Crippen molar-refractivity contribution in [1.82, 2.24) is 10.3 Å². The Kier molecular flexibility index (Phi) is 4.40. The summed E-state index contributed by atoms with van der Waals surface area (Å²) in [5, 5.41) is 6.79. The average Bonchev–Trinajstić information content (AvgIpc) is 3.04. The van der Waals surface area contributed by atoms with E-state index in [0.29, 0.717) is 11.0 Å². The van der Waals surface area contributed by atoms with Crippen LogP contribution in [0.1, 0.15) is 53.8 Å². The van der Waals surface area contributed by atoms with Gasteiger partial charge in [-0.2, -0.15) is 0 Å². The highest BCUT2D eigenvalue weighted by Crippen LogP contribution is 2.55. The van der Waals surface area contributed by atoms with Crippen LogP contribution < -0.4 is 10.6 Å². The first-order valence-electron chi connectivity index (χ1n) is 9.84. The highest BCUT2D eigenvalue weighted by atomic mass is 35.5. The number of nitrogens with one attached hydrogen (secondary N) is 2. The van der Waals surface area contributed by atoms with Crippen molar-refractivity contribution < 1.29 is 4.79 Å². The molecule has 1 amide bonds. The Balaban J connectivity index is 1.22. The number of halogens is 1. The lowest BCUT2D eigenvalue weighted by atomic mass is 9.53. The summed E-state index contributed by atoms with van der Waals surface area (Å²) in [6, 6.07) is 7.77. The van der Waals surface area contributed by atoms with Crippen molar-refractivity contribution >= 4 is 34.5 Å². The molecule has 0 atom stereocenters. The number of hydrogen-bond acceptors (Lipinski definition) is 4. The molecule has 0 saturated heterocycles. The molecule has 0 aliphatic heterocycles. The first kappa shape index (κ1) is 17.5. The topological polar surface area (TPSA) is 54.0 Å². The standard InChI is InChI=1S/C21H24ClN3OS/c22-20-24-12-18(27-20)11-23-17-3-1-16(2-4-17)19(26)25-21-8-13-5-14(9-21)7-15(6-13)10-21/h1-4,12-15,23H,5-11H2,(H,25,26). The van der Waals surface area contributed by atoms with Gasteiger partial charge in [0, 0.05) is 27.9 Å². The third-order valence-electron chi connectivity index (χ3n) is 6.56. The maximum absolute atomic E-state index is 12.9. The Bertz CT molecular complexity index is 812. The molecule has 4 aliphatic rings. The second kappa shape index (κ2) is 6.78. The van der Waals surface area contributed by atoms with Gasteiger partial charge < -0.3 is 10.6 Å². The molecule has 4 nitrogen and oxygen atoms in total. The molecule has 4 bridgehead atoms. The van der Waals surface area contributed by atoms with Gasteiger partial charge in [-0.3, -0.25) is 4.79 Å². The number of carbonyl (C=O) groups excluding carboxylic acids is 1. The largest absolute Gasteiger partial charge is 0.380 e. The van der Waals surface area contributed by atoms with E-state index in [4.69, 9.17) is 11.6 Å². The third-order valence-corrected chi connectivity index (χ3v) is 7.67. The SMILES string of the molecule is O=C(NC12CC3CC(CC(C3)C1)C2)c1ccc(NCc2cnc(Cl)s2)cc1. The van der Waals surface area contributed by atoms with Crippen LogP contribution in [-0.2, 0) is 6.54 Å². The normalized spacial score (nSPS) is 31.1. The zero-order chi connectivity index (χ0) is 18.4. The highest BCUT2D eigenvalue weighted by molar-refractivity contribution is 7.15. The predicted octanol–water partition coefficient (Wildman–Crippen LogP) is 5.11. The lowest BCUT2D eigenvalue weighted by molar-refractivity contribution is -0.0167. The van der Waals surface area contributed by atoms with Crippen LogP contribution in [0.4, 0.5) is 5.69 Å². The van der Waals surface area contributed by atoms with Crippen LogP contribution in [0.3, 0.4) is 0 Å². The minimum absolute atomic E-state index is 0.0637. The number of amides is 1. The summed E-state index contributed by atoms with van der Waals surface area (Å²) in [5.41, 5.74) is 1.80. The van der Waals surface area contributed by atoms with E-state index in [-0.39, 0.29) is 11.4 Å². The van der Waals surface area contributed by atoms with Crippen molar-refractivity contribution in [2.24, 2.45) is 17.8 Å². The van der Waals surface area contributed by atoms with Gasteiger partial charge in [-0.25, -0.2) is 4.98 Å². The van der Waals surface area contributed by atoms with Gasteiger partial charge in [-0.15, -0.1) is 11.3 Å². The van der Waals surface area contributed by atoms with E-state index in [9.17, 15) is 4.79 Å². The molecular weight excluding hydrogens is 378 g/mol. The molecule has 1 heterocycles. The minimum atomic E-state index is 0.0637. The smallest absolute Gasteiger partial charge is 0.251 e. The fourth-order valence-electron chi connectivity index (χ4n) is 5.87. The molecule has 0 spiro atoms. The number of hydrogen-bond donors (Lipinski definition) is 2. The van der Waals surface area contributed by atoms with E-state index in [1.165, 1.54) is 49.9 Å². The second-order valence-electron chi connectivity index (χ2n) is 8.66. The average molecular weight is 402 g/mol. The van der Waals surface area contributed by atoms with E-state index >= 15 is 0 Å². The third kappa shape index (κ3) is 3.59. The molecule has 142 valence electrons. The molecule has 0 unspecified atom stereocenters. The van der Waals surface area contributed by atoms with E-state index in [2.05, 4.69) is 15.6 Å². The summed E-state index contributed by atoms with van der Waals surface area (Å²) in [4.78, 5) is 18.0. The van der Waals surface area contributed by atoms with Crippen molar-refractivity contribution in [3.8, 4) is 0 Å². The molecule has 6 heteroatoms. The number of nitrogens with zero attached hydrogens (tertiary/aromatic N) is 1. The van der Waals surface area contributed by atoms with Gasteiger partial charge in [0.25, 0.3) is 5.91 Å². The van der Waals surface area contributed by atoms with E-state index in [0.717, 1.165) is 33.9 Å². The van der Waals surface area contributed by atoms with Crippen LogP contribution in [-0.4, -0.2) is 16.4 Å². The molecule has 4 aliphatic carbocycles. The lowest BCUT2D eigenvalue weighted by Crippen LogP contribution is -2.59. The molecule has 4 saturated carbocycles. The summed E-state index contributed by atoms with van der Waals surface area (Å²) in [5.74, 6) is 2.59. The lowest BCUT2D eigenvalue weighted by Gasteiger charge is -2.56. The van der Waals surface area contributed by atoms with Gasteiger partial charge in [0.15, 0.2) is 4.47 Å². The summed E-state index contributed by atoms with van der Waals surface area (Å²) >= 11 is 7.33. The molecule has 27 heavy (non-hydrogen) atoms. The summed E-state index contributed by atoms with van der Waals surface area (Å²) in [6.45, 7) is 0.684. The number of thiazole rings is 1. The van der Waals surface area contributed by atoms with E-state index in [1.54, 1.807) is 6.20 Å². The molecule has 0 radical (unpaired) electrons. The van der Waals surface area contributed by atoms with Crippen molar-refractivity contribution in [2.75, 3.05) is 5.32 Å². The van der Waals surface area contributed by atoms with Gasteiger partial charge in [0.2, 0.25) is 0 Å². The molecule has 4 fully saturated rings. The first-order valence-corrected chi connectivity index (χ1v) is 11.0. The van der Waals surface area contributed by atoms with Crippen LogP contribution >= 0.6 is 22.9 Å². The van der Waals surface area contributed by atoms with Crippen LogP contribution in [0.2, 0.25) is 4.47 Å². The maximum atomic E-state index is 12.9. The Morgan fingerprint density at radius 3 is 2.30 bits per heavy atom. The van der Waals surface area contributed by atoms with Gasteiger partial charge in [-0.1, -0.05) is 11.6 Å². The molecule has 2 N–H and O–H groups in total. The Hall–Kier alpha value is -1.59. The Labute approximate surface area is 168 Å². The number of carbonyl (C=O) groups is 1. The van der Waals surface area contributed by atoms with Gasteiger partial charge in [-0.05, 0) is 80.5 Å². The van der Waals surface area contributed by atoms with Crippen LogP contribution in [0.15, 0.2) is 30.5 Å². The first-order chi connectivity index (χ1) is 13.1. The quantitative estimate of drug-likeness (QED) is 0.732. The monoisotopic (exact) mass is 401 g/mol. The predicted molar refractivity (Wildman–Crippen MR) is 109 cm³/mol. The molecule has 1 aromatic heterocycles. The fraction of sp³-hybridized carbons (Fsp3) is 0.524. The van der Waals surface area contributed by atoms with Crippen molar-refractivity contribution in [1.29, 1.82) is 0 Å². The van der Waals surface area contributed by atoms with Gasteiger partial charge in [0.05, 0.1) is 6.54 Å². The van der Waals surface area contributed by atoms with Crippen LogP contribution in [0, 0.1) is 17.8 Å². The number of anilines is 1. The minimum Gasteiger partial charge on any atom is -0.380 e. The molecule has 1 aromatic carbocycles. The summed E-state index contributed by atoms with van der Waals surface area (Å²) < 4.78 is 0.559. The number of aromatic nitrogens is 1. The van der Waals surface area contributed by atoms with Crippen LogP contribution in [0.5, 0.6) is 0 Å². The van der Waals surface area contributed by atoms with Crippen molar-refractivity contribution in [3.63, 3.8) is 0 Å². The zero-order valence-corrected chi connectivity index (χ0v) is 16.8. The molecular formula is C21H24ClN3OS. The highest BCUT2D eigenvalue weighted by Gasteiger charge is 2.51. The summed E-state index contributed by atoms with van der Waals surface area (Å²) in [7, 11) is 0. The van der Waals surface area contributed by atoms with Crippen LogP contribution in [0.25, 0.3) is 0 Å². The number of benzene rings is 1. The second-order valence-corrected chi connectivity index (χ2v) is 10.4. The Morgan fingerprint density at radius 1 is 1.11 bits per heavy atom. The van der Waals surface area contributed by atoms with Gasteiger partial charge >= 0.3 is 0 Å². The maximum Gasteiger partial charge on any atom is 0.251 e. The van der Waals surface area contributed by atoms with Gasteiger partial charge in [0.1, 0.15) is 0 Å². The Morgan fingerprint density at radius 2 is 1.74 bits per heavy atom. The van der Waals surface area contributed by atoms with E-state index < -0.39 is 0 Å². The number of rotatable bonds is 5. The molecule has 6 rings (SSSR count). The van der Waals surface area contributed by atoms with E-state index in [1.807, 2.05) is 24.3 Å². The molecule has 2 aromatic rings. The fourth-order valence-corrected chi connectivity index (χ4v) is 6.79. The zero-order valence-electron chi connectivity index (χ0n) is 15.2. The summed E-state index contributed by atoms with van der Waals surface area (Å²) in [6.07, 6.45) is 9.50. The van der Waals surface area contributed by atoms with Crippen molar-refractivity contribution in [3.05, 3.63) is 45.4 Å².